The number of hydrogen-bond acceptors (Lipinski definition) is 8. The number of hydrogen-bond donors (Lipinski definition) is 4. The Kier molecular flexibility index (Phi) is 10.9. The molecule has 10 rings (SSSR count). The first kappa shape index (κ1) is 42.0. The van der Waals surface area contributed by atoms with Crippen LogP contribution in [0.25, 0.3) is 44.4 Å². The molecule has 334 valence electrons. The number of carbonyl (C=O) groups is 4. The summed E-state index contributed by atoms with van der Waals surface area (Å²) < 4.78 is 9.73. The van der Waals surface area contributed by atoms with Crippen LogP contribution in [-0.2, 0) is 19.1 Å². The number of piperidine rings is 1. The predicted octanol–water partition coefficient (Wildman–Crippen LogP) is 8.87. The molecule has 6 atom stereocenters. The molecule has 2 aliphatic carbocycles. The standard InChI is InChI=1S/C51H54N8O6/c1-29(2)42(56-49(62)64-3)48(61)59-38-19-18-37(24-38)44(59)46-53-26-39(55-46)31-12-10-30(11-13-31)33-14-15-35-23-36(17-16-34(35)22-33)40-27-52-45(54-40)41-25-51(20-21-51)28-58(41)47(60)43(57-50(63)65-4)32-8-6-5-7-9-32/h5-17,22-23,26-27,29,37-38,41-44H,18-21,24-25,28H2,1-4H3,(H,52,54)(H,53,55)(H,56,62)(H,57,63)/t37-,38+,41-,42-,43?,44-/m0/s1. The molecule has 2 saturated heterocycles. The van der Waals surface area contributed by atoms with E-state index in [0.29, 0.717) is 18.0 Å². The first-order chi connectivity index (χ1) is 31.5. The summed E-state index contributed by atoms with van der Waals surface area (Å²) in [6.07, 6.45) is 8.29. The molecule has 2 saturated carbocycles. The molecule has 65 heavy (non-hydrogen) atoms. The van der Waals surface area contributed by atoms with Crippen LogP contribution in [0.5, 0.6) is 0 Å². The molecule has 4 aliphatic rings. The minimum atomic E-state index is -0.881. The number of amides is 4. The Morgan fingerprint density at radius 1 is 0.723 bits per heavy atom. The molecular weight excluding hydrogens is 821 g/mol. The van der Waals surface area contributed by atoms with Gasteiger partial charge in [-0.2, -0.15) is 0 Å². The van der Waals surface area contributed by atoms with Gasteiger partial charge in [0.15, 0.2) is 0 Å². The maximum Gasteiger partial charge on any atom is 0.407 e. The van der Waals surface area contributed by atoms with Crippen molar-refractivity contribution in [3.63, 3.8) is 0 Å². The highest BCUT2D eigenvalue weighted by Crippen LogP contribution is 2.58. The summed E-state index contributed by atoms with van der Waals surface area (Å²) in [4.78, 5) is 73.4. The van der Waals surface area contributed by atoms with Gasteiger partial charge in [0, 0.05) is 18.2 Å². The van der Waals surface area contributed by atoms with Gasteiger partial charge in [-0.1, -0.05) is 92.7 Å². The fourth-order valence-corrected chi connectivity index (χ4v) is 10.6. The normalized spacial score (nSPS) is 21.4. The molecule has 2 aliphatic heterocycles. The first-order valence-electron chi connectivity index (χ1n) is 22.6. The average Bonchev–Trinajstić information content (AvgIpc) is 3.97. The lowest BCUT2D eigenvalue weighted by Gasteiger charge is -2.37. The largest absolute Gasteiger partial charge is 0.453 e. The molecule has 6 aromatic rings. The van der Waals surface area contributed by atoms with Crippen molar-refractivity contribution in [1.29, 1.82) is 0 Å². The van der Waals surface area contributed by atoms with Crippen LogP contribution in [0.4, 0.5) is 9.59 Å². The van der Waals surface area contributed by atoms with Gasteiger partial charge >= 0.3 is 12.2 Å². The number of methoxy groups -OCH3 is 2. The van der Waals surface area contributed by atoms with Crippen LogP contribution in [0.3, 0.4) is 0 Å². The number of alkyl carbamates (subject to hydrolysis) is 2. The molecule has 4 fully saturated rings. The number of ether oxygens (including phenoxy) is 2. The highest BCUT2D eigenvalue weighted by atomic mass is 16.5. The highest BCUT2D eigenvalue weighted by molar-refractivity contribution is 5.91. The van der Waals surface area contributed by atoms with Crippen LogP contribution in [0.2, 0.25) is 0 Å². The minimum Gasteiger partial charge on any atom is -0.453 e. The summed E-state index contributed by atoms with van der Waals surface area (Å²) in [5, 5.41) is 7.73. The Bertz CT molecular complexity index is 2760. The Hall–Kier alpha value is -6.96. The first-order valence-corrected chi connectivity index (χ1v) is 22.6. The third-order valence-electron chi connectivity index (χ3n) is 14.3. The summed E-state index contributed by atoms with van der Waals surface area (Å²) in [5.74, 6) is 1.44. The summed E-state index contributed by atoms with van der Waals surface area (Å²) in [7, 11) is 2.61. The lowest BCUT2D eigenvalue weighted by atomic mass is 9.95. The molecule has 14 heteroatoms. The number of aromatic amines is 2. The predicted molar refractivity (Wildman–Crippen MR) is 245 cm³/mol. The fraction of sp³-hybridized carbons (Fsp3) is 0.373. The number of rotatable bonds is 11. The topological polar surface area (TPSA) is 175 Å². The molecular formula is C51H54N8O6. The van der Waals surface area contributed by atoms with Gasteiger partial charge in [0.1, 0.15) is 23.7 Å². The van der Waals surface area contributed by atoms with E-state index in [1.807, 2.05) is 66.4 Å². The van der Waals surface area contributed by atoms with Crippen molar-refractivity contribution in [2.45, 2.75) is 82.6 Å². The number of benzene rings is 4. The molecule has 1 spiro atoms. The zero-order chi connectivity index (χ0) is 45.0. The Balaban J connectivity index is 0.839. The van der Waals surface area contributed by atoms with E-state index < -0.39 is 24.3 Å². The molecule has 14 nitrogen and oxygen atoms in total. The second-order valence-electron chi connectivity index (χ2n) is 18.7. The molecule has 2 bridgehead atoms. The van der Waals surface area contributed by atoms with Crippen LogP contribution >= 0.6 is 0 Å². The van der Waals surface area contributed by atoms with Crippen molar-refractivity contribution >= 4 is 34.8 Å². The SMILES string of the molecule is COC(=O)NC(C(=O)N1CC2(CC2)C[C@H]1c1ncc(-c2ccc3cc(-c4ccc(-c5cnc([C@@H]6[C@H]7CC[C@H](C7)N6C(=O)[C@@H](NC(=O)OC)C(C)C)[nH]5)cc4)ccc3c2)[nH]1)c1ccccc1. The number of carbonyl (C=O) groups excluding carboxylic acids is 4. The summed E-state index contributed by atoms with van der Waals surface area (Å²) in [6, 6.07) is 28.7. The van der Waals surface area contributed by atoms with Crippen LogP contribution in [0, 0.1) is 17.3 Å². The van der Waals surface area contributed by atoms with Gasteiger partial charge in [-0.15, -0.1) is 0 Å². The smallest absolute Gasteiger partial charge is 0.407 e. The van der Waals surface area contributed by atoms with Crippen molar-refractivity contribution in [3.8, 4) is 33.6 Å². The van der Waals surface area contributed by atoms with E-state index in [4.69, 9.17) is 19.4 Å². The van der Waals surface area contributed by atoms with Crippen molar-refractivity contribution < 1.29 is 28.7 Å². The van der Waals surface area contributed by atoms with E-state index in [0.717, 1.165) is 94.6 Å². The van der Waals surface area contributed by atoms with Gasteiger partial charge in [-0.25, -0.2) is 19.6 Å². The van der Waals surface area contributed by atoms with Gasteiger partial charge in [0.2, 0.25) is 5.91 Å². The average molecular weight is 875 g/mol. The summed E-state index contributed by atoms with van der Waals surface area (Å²) in [6.45, 7) is 4.48. The third kappa shape index (κ3) is 7.99. The Labute approximate surface area is 377 Å². The van der Waals surface area contributed by atoms with Gasteiger partial charge in [0.25, 0.3) is 5.91 Å². The number of likely N-dealkylation sites (tertiary alicyclic amines) is 2. The zero-order valence-electron chi connectivity index (χ0n) is 37.0. The fourth-order valence-electron chi connectivity index (χ4n) is 10.6. The molecule has 4 amide bonds. The number of imidazole rings is 2. The monoisotopic (exact) mass is 874 g/mol. The van der Waals surface area contributed by atoms with Gasteiger partial charge in [-0.3, -0.25) is 9.59 Å². The highest BCUT2D eigenvalue weighted by Gasteiger charge is 2.55. The minimum absolute atomic E-state index is 0.0780. The second kappa shape index (κ2) is 16.9. The summed E-state index contributed by atoms with van der Waals surface area (Å²) >= 11 is 0. The summed E-state index contributed by atoms with van der Waals surface area (Å²) in [5.41, 5.74) is 6.70. The lowest BCUT2D eigenvalue weighted by molar-refractivity contribution is -0.139. The lowest BCUT2D eigenvalue weighted by Crippen LogP contribution is -2.54. The van der Waals surface area contributed by atoms with E-state index in [-0.39, 0.29) is 41.3 Å². The van der Waals surface area contributed by atoms with Gasteiger partial charge in [-0.05, 0) is 101 Å². The molecule has 0 radical (unpaired) electrons. The van der Waals surface area contributed by atoms with Crippen molar-refractivity contribution in [2.24, 2.45) is 17.3 Å². The maximum atomic E-state index is 14.3. The Morgan fingerprint density at radius 3 is 2.03 bits per heavy atom. The van der Waals surface area contributed by atoms with Crippen molar-refractivity contribution in [2.75, 3.05) is 20.8 Å². The van der Waals surface area contributed by atoms with Crippen LogP contribution in [0.15, 0.2) is 103 Å². The van der Waals surface area contributed by atoms with E-state index in [9.17, 15) is 19.2 Å². The van der Waals surface area contributed by atoms with Gasteiger partial charge < -0.3 is 39.9 Å². The quantitative estimate of drug-likeness (QED) is 0.0999. The number of fused-ring (bicyclic) bond motifs is 3. The van der Waals surface area contributed by atoms with E-state index in [2.05, 4.69) is 81.3 Å². The number of aromatic nitrogens is 4. The number of nitrogens with zero attached hydrogens (tertiary/aromatic N) is 4. The van der Waals surface area contributed by atoms with Crippen molar-refractivity contribution in [1.82, 2.24) is 40.4 Å². The number of H-pyrrole nitrogens is 2. The van der Waals surface area contributed by atoms with Gasteiger partial charge in [0.05, 0.1) is 50.1 Å². The number of nitrogens with one attached hydrogen (secondary N) is 4. The second-order valence-corrected chi connectivity index (χ2v) is 18.7. The van der Waals surface area contributed by atoms with E-state index in [1.54, 1.807) is 0 Å². The zero-order valence-corrected chi connectivity index (χ0v) is 37.0. The molecule has 1 unspecified atom stereocenters. The van der Waals surface area contributed by atoms with Crippen LogP contribution in [0.1, 0.15) is 87.7 Å². The molecule has 4 heterocycles. The van der Waals surface area contributed by atoms with E-state index >= 15 is 0 Å². The Morgan fingerprint density at radius 2 is 1.34 bits per heavy atom. The van der Waals surface area contributed by atoms with Crippen LogP contribution in [-0.4, -0.2) is 86.6 Å². The maximum absolute atomic E-state index is 14.3. The van der Waals surface area contributed by atoms with Crippen LogP contribution < -0.4 is 10.6 Å². The molecule has 2 aromatic heterocycles. The van der Waals surface area contributed by atoms with Crippen molar-refractivity contribution in [3.05, 3.63) is 121 Å². The molecule has 4 aromatic carbocycles. The van der Waals surface area contributed by atoms with E-state index in [1.165, 1.54) is 14.2 Å². The molecule has 4 N–H and O–H groups in total. The third-order valence-corrected chi connectivity index (χ3v) is 14.3.